The lowest BCUT2D eigenvalue weighted by Crippen LogP contribution is -2.50. The van der Waals surface area contributed by atoms with Gasteiger partial charge >= 0.3 is 6.18 Å². The van der Waals surface area contributed by atoms with Gasteiger partial charge in [0.05, 0.1) is 18.2 Å². The Labute approximate surface area is 210 Å². The van der Waals surface area contributed by atoms with Crippen molar-refractivity contribution in [2.24, 2.45) is 4.99 Å². The minimum absolute atomic E-state index is 0.0784. The number of piperazine rings is 1. The largest absolute Gasteiger partial charge is 0.497 e. The highest BCUT2D eigenvalue weighted by Crippen LogP contribution is 2.42. The molecule has 2 aliphatic rings. The van der Waals surface area contributed by atoms with E-state index < -0.39 is 11.7 Å². The monoisotopic (exact) mass is 515 g/mol. The summed E-state index contributed by atoms with van der Waals surface area (Å²) in [6, 6.07) is 15.1. The van der Waals surface area contributed by atoms with Crippen LogP contribution in [0.3, 0.4) is 0 Å². The van der Waals surface area contributed by atoms with Crippen LogP contribution in [0.4, 0.5) is 18.9 Å². The average molecular weight is 516 g/mol. The summed E-state index contributed by atoms with van der Waals surface area (Å²) in [4.78, 5) is 21.2. The molecule has 1 saturated heterocycles. The molecule has 0 bridgehead atoms. The van der Waals surface area contributed by atoms with Crippen LogP contribution in [0, 0.1) is 0 Å². The van der Waals surface area contributed by atoms with Crippen molar-refractivity contribution < 1.29 is 27.4 Å². The topological polar surface area (TPSA) is 54.4 Å². The summed E-state index contributed by atoms with van der Waals surface area (Å²) in [7, 11) is 1.53. The fraction of sp³-hybridized carbons (Fsp3) is 0.231. The smallest absolute Gasteiger partial charge is 0.416 e. The molecule has 0 saturated carbocycles. The van der Waals surface area contributed by atoms with Crippen molar-refractivity contribution in [1.82, 2.24) is 9.80 Å². The minimum Gasteiger partial charge on any atom is -0.497 e. The lowest BCUT2D eigenvalue weighted by atomic mass is 10.1. The number of nitrogens with zero attached hydrogens (tertiary/aromatic N) is 3. The van der Waals surface area contributed by atoms with Crippen molar-refractivity contribution in [3.05, 3.63) is 82.4 Å². The Bertz CT molecular complexity index is 1330. The van der Waals surface area contributed by atoms with Crippen molar-refractivity contribution in [3.63, 3.8) is 0 Å². The number of amidine groups is 1. The van der Waals surface area contributed by atoms with Gasteiger partial charge in [-0.05, 0) is 60.7 Å². The summed E-state index contributed by atoms with van der Waals surface area (Å²) in [5.41, 5.74) is 0.401. The Morgan fingerprint density at radius 3 is 2.33 bits per heavy atom. The maximum absolute atomic E-state index is 13.4. The van der Waals surface area contributed by atoms with Crippen LogP contribution >= 0.6 is 11.6 Å². The standard InChI is InChI=1S/C26H21ClF3N3O3/c1-35-19-7-9-22-20(15-19)24(31-21-14-17(26(28,29)30)4-8-23(21)36-22)32-10-12-33(13-11-32)25(34)16-2-5-18(27)6-3-16/h2-9,14-15H,10-13H2,1H3. The van der Waals surface area contributed by atoms with Gasteiger partial charge in [0.15, 0.2) is 5.75 Å². The van der Waals surface area contributed by atoms with Gasteiger partial charge in [-0.15, -0.1) is 0 Å². The minimum atomic E-state index is -4.51. The highest BCUT2D eigenvalue weighted by Gasteiger charge is 2.33. The Hall–Kier alpha value is -3.72. The van der Waals surface area contributed by atoms with Crippen LogP contribution in [0.2, 0.25) is 5.02 Å². The zero-order chi connectivity index (χ0) is 25.4. The molecule has 6 nitrogen and oxygen atoms in total. The number of alkyl halides is 3. The Morgan fingerprint density at radius 1 is 0.972 bits per heavy atom. The van der Waals surface area contributed by atoms with Gasteiger partial charge in [-0.2, -0.15) is 13.2 Å². The number of methoxy groups -OCH3 is 1. The van der Waals surface area contributed by atoms with E-state index in [0.717, 1.165) is 12.1 Å². The molecule has 2 heterocycles. The summed E-state index contributed by atoms with van der Waals surface area (Å²) in [6.07, 6.45) is -4.51. The molecule has 0 unspecified atom stereocenters. The first-order valence-electron chi connectivity index (χ1n) is 11.2. The van der Waals surface area contributed by atoms with Crippen molar-refractivity contribution in [2.45, 2.75) is 6.18 Å². The normalized spacial score (nSPS) is 15.3. The summed E-state index contributed by atoms with van der Waals surface area (Å²) < 4.78 is 51.5. The third-order valence-corrected chi connectivity index (χ3v) is 6.37. The number of halogens is 4. The number of hydrogen-bond acceptors (Lipinski definition) is 5. The van der Waals surface area contributed by atoms with Gasteiger partial charge in [0.25, 0.3) is 5.91 Å². The Morgan fingerprint density at radius 2 is 1.67 bits per heavy atom. The molecule has 0 aliphatic carbocycles. The SMILES string of the molecule is COc1ccc2c(c1)C(N1CCN(C(=O)c3ccc(Cl)cc3)CC1)=Nc1cc(C(F)(F)F)ccc1O2. The molecular weight excluding hydrogens is 495 g/mol. The molecule has 0 aromatic heterocycles. The van der Waals surface area contributed by atoms with E-state index in [4.69, 9.17) is 21.1 Å². The first-order valence-corrected chi connectivity index (χ1v) is 11.6. The molecule has 3 aromatic carbocycles. The summed E-state index contributed by atoms with van der Waals surface area (Å²) in [6.45, 7) is 1.69. The summed E-state index contributed by atoms with van der Waals surface area (Å²) >= 11 is 5.93. The van der Waals surface area contributed by atoms with Gasteiger partial charge in [0.2, 0.25) is 0 Å². The van der Waals surface area contributed by atoms with Crippen LogP contribution in [-0.4, -0.2) is 54.8 Å². The van der Waals surface area contributed by atoms with Gasteiger partial charge < -0.3 is 19.3 Å². The van der Waals surface area contributed by atoms with E-state index in [-0.39, 0.29) is 17.3 Å². The average Bonchev–Trinajstić information content (AvgIpc) is 3.04. The third-order valence-electron chi connectivity index (χ3n) is 6.12. The maximum atomic E-state index is 13.4. The van der Waals surface area contributed by atoms with Crippen LogP contribution in [0.15, 0.2) is 65.7 Å². The first-order chi connectivity index (χ1) is 17.2. The predicted octanol–water partition coefficient (Wildman–Crippen LogP) is 6.01. The van der Waals surface area contributed by atoms with Crippen LogP contribution in [0.5, 0.6) is 17.2 Å². The molecule has 0 spiro atoms. The predicted molar refractivity (Wildman–Crippen MR) is 130 cm³/mol. The maximum Gasteiger partial charge on any atom is 0.416 e. The van der Waals surface area contributed by atoms with E-state index in [0.29, 0.717) is 59.7 Å². The molecule has 3 aromatic rings. The van der Waals surface area contributed by atoms with Crippen LogP contribution in [0.25, 0.3) is 0 Å². The molecule has 1 fully saturated rings. The van der Waals surface area contributed by atoms with Gasteiger partial charge in [-0.3, -0.25) is 4.79 Å². The molecule has 5 rings (SSSR count). The lowest BCUT2D eigenvalue weighted by Gasteiger charge is -2.36. The van der Waals surface area contributed by atoms with Gasteiger partial charge in [0, 0.05) is 36.8 Å². The molecule has 2 aliphatic heterocycles. The van der Waals surface area contributed by atoms with Gasteiger partial charge in [-0.25, -0.2) is 4.99 Å². The van der Waals surface area contributed by atoms with Crippen LogP contribution < -0.4 is 9.47 Å². The van der Waals surface area contributed by atoms with E-state index in [9.17, 15) is 18.0 Å². The Kier molecular flexibility index (Phi) is 6.26. The first kappa shape index (κ1) is 24.0. The second-order valence-electron chi connectivity index (χ2n) is 8.37. The number of amides is 1. The number of benzene rings is 3. The molecular formula is C26H21ClF3N3O3. The van der Waals surface area contributed by atoms with E-state index in [1.807, 2.05) is 4.90 Å². The highest BCUT2D eigenvalue weighted by molar-refractivity contribution is 6.30. The fourth-order valence-corrected chi connectivity index (χ4v) is 4.32. The second-order valence-corrected chi connectivity index (χ2v) is 8.80. The lowest BCUT2D eigenvalue weighted by molar-refractivity contribution is -0.137. The Balaban J connectivity index is 1.47. The second kappa shape index (κ2) is 9.39. The molecule has 36 heavy (non-hydrogen) atoms. The fourth-order valence-electron chi connectivity index (χ4n) is 4.20. The van der Waals surface area contributed by atoms with E-state index in [2.05, 4.69) is 4.99 Å². The number of fused-ring (bicyclic) bond motifs is 2. The van der Waals surface area contributed by atoms with Gasteiger partial charge in [0.1, 0.15) is 23.0 Å². The highest BCUT2D eigenvalue weighted by atomic mass is 35.5. The number of rotatable bonds is 2. The quantitative estimate of drug-likeness (QED) is 0.419. The van der Waals surface area contributed by atoms with Crippen molar-refractivity contribution in [2.75, 3.05) is 33.3 Å². The zero-order valence-electron chi connectivity index (χ0n) is 19.2. The van der Waals surface area contributed by atoms with Crippen molar-refractivity contribution in [1.29, 1.82) is 0 Å². The van der Waals surface area contributed by atoms with Crippen LogP contribution in [-0.2, 0) is 6.18 Å². The number of hydrogen-bond donors (Lipinski definition) is 0. The van der Waals surface area contributed by atoms with Crippen molar-refractivity contribution >= 4 is 29.0 Å². The molecule has 1 amide bonds. The van der Waals surface area contributed by atoms with Crippen LogP contribution in [0.1, 0.15) is 21.5 Å². The third kappa shape index (κ3) is 4.70. The molecule has 0 radical (unpaired) electrons. The molecule has 0 N–H and O–H groups in total. The van der Waals surface area contributed by atoms with Gasteiger partial charge in [-0.1, -0.05) is 11.6 Å². The van der Waals surface area contributed by atoms with E-state index in [1.54, 1.807) is 47.4 Å². The number of carbonyl (C=O) groups is 1. The van der Waals surface area contributed by atoms with E-state index >= 15 is 0 Å². The number of ether oxygens (including phenoxy) is 2. The molecule has 0 atom stereocenters. The van der Waals surface area contributed by atoms with Crippen molar-refractivity contribution in [3.8, 4) is 17.2 Å². The zero-order valence-corrected chi connectivity index (χ0v) is 19.9. The number of carbonyl (C=O) groups excluding carboxylic acids is 1. The molecule has 186 valence electrons. The summed E-state index contributed by atoms with van der Waals surface area (Å²) in [5.74, 6) is 1.58. The summed E-state index contributed by atoms with van der Waals surface area (Å²) in [5, 5.41) is 0.549. The number of aliphatic imine (C=N–C) groups is 1. The molecule has 10 heteroatoms. The van der Waals surface area contributed by atoms with E-state index in [1.165, 1.54) is 13.2 Å².